The van der Waals surface area contributed by atoms with Crippen LogP contribution in [0.15, 0.2) is 69.9 Å². The summed E-state index contributed by atoms with van der Waals surface area (Å²) in [5.74, 6) is -0.213. The number of carbonyl (C=O) groups excluding carboxylic acids is 1. The van der Waals surface area contributed by atoms with Gasteiger partial charge in [0.05, 0.1) is 5.56 Å². The number of carbonyl (C=O) groups is 1. The SMILES string of the molecule is C=C(C)C(=O)Oc1ccc2cc(-c3ccc(C)cc3)c(=O)oc2c1. The van der Waals surface area contributed by atoms with Gasteiger partial charge in [0.15, 0.2) is 0 Å². The molecule has 4 nitrogen and oxygen atoms in total. The van der Waals surface area contributed by atoms with Crippen LogP contribution in [-0.2, 0) is 4.79 Å². The van der Waals surface area contributed by atoms with E-state index in [4.69, 9.17) is 9.15 Å². The summed E-state index contributed by atoms with van der Waals surface area (Å²) in [5, 5.41) is 0.750. The van der Waals surface area contributed by atoms with Gasteiger partial charge < -0.3 is 9.15 Å². The van der Waals surface area contributed by atoms with Crippen LogP contribution in [0.25, 0.3) is 22.1 Å². The molecular formula is C20H16O4. The summed E-state index contributed by atoms with van der Waals surface area (Å²) < 4.78 is 10.5. The summed E-state index contributed by atoms with van der Waals surface area (Å²) in [6.45, 7) is 7.08. The van der Waals surface area contributed by atoms with Crippen LogP contribution in [-0.4, -0.2) is 5.97 Å². The Kier molecular flexibility index (Phi) is 4.04. The van der Waals surface area contributed by atoms with E-state index in [1.165, 1.54) is 6.07 Å². The maximum absolute atomic E-state index is 12.3. The number of ether oxygens (including phenoxy) is 1. The van der Waals surface area contributed by atoms with Crippen LogP contribution >= 0.6 is 0 Å². The molecule has 120 valence electrons. The van der Waals surface area contributed by atoms with Gasteiger partial charge in [-0.2, -0.15) is 0 Å². The molecule has 0 bridgehead atoms. The molecule has 1 heterocycles. The Morgan fingerprint density at radius 3 is 2.46 bits per heavy atom. The van der Waals surface area contributed by atoms with E-state index in [2.05, 4.69) is 6.58 Å². The van der Waals surface area contributed by atoms with Crippen LogP contribution in [0.2, 0.25) is 0 Å². The first-order chi connectivity index (χ1) is 11.4. The maximum atomic E-state index is 12.3. The van der Waals surface area contributed by atoms with Gasteiger partial charge in [0.25, 0.3) is 0 Å². The molecule has 0 aliphatic carbocycles. The van der Waals surface area contributed by atoms with Crippen molar-refractivity contribution in [3.63, 3.8) is 0 Å². The lowest BCUT2D eigenvalue weighted by Gasteiger charge is -2.06. The van der Waals surface area contributed by atoms with E-state index in [9.17, 15) is 9.59 Å². The lowest BCUT2D eigenvalue weighted by atomic mass is 10.0. The zero-order valence-corrected chi connectivity index (χ0v) is 13.5. The first-order valence-corrected chi connectivity index (χ1v) is 7.47. The van der Waals surface area contributed by atoms with Crippen molar-refractivity contribution in [2.45, 2.75) is 13.8 Å². The molecule has 0 saturated carbocycles. The van der Waals surface area contributed by atoms with Crippen LogP contribution in [0.3, 0.4) is 0 Å². The van der Waals surface area contributed by atoms with Crippen molar-refractivity contribution < 1.29 is 13.9 Å². The highest BCUT2D eigenvalue weighted by Gasteiger charge is 2.10. The molecule has 0 spiro atoms. The monoisotopic (exact) mass is 320 g/mol. The Balaban J connectivity index is 2.03. The van der Waals surface area contributed by atoms with Crippen LogP contribution < -0.4 is 10.4 Å². The number of benzene rings is 2. The highest BCUT2D eigenvalue weighted by Crippen LogP contribution is 2.25. The van der Waals surface area contributed by atoms with E-state index in [-0.39, 0.29) is 0 Å². The molecular weight excluding hydrogens is 304 g/mol. The van der Waals surface area contributed by atoms with E-state index < -0.39 is 11.6 Å². The fourth-order valence-electron chi connectivity index (χ4n) is 2.28. The summed E-state index contributed by atoms with van der Waals surface area (Å²) >= 11 is 0. The van der Waals surface area contributed by atoms with Gasteiger partial charge in [-0.15, -0.1) is 0 Å². The maximum Gasteiger partial charge on any atom is 0.344 e. The van der Waals surface area contributed by atoms with E-state index in [1.54, 1.807) is 25.1 Å². The van der Waals surface area contributed by atoms with Gasteiger partial charge in [0, 0.05) is 17.0 Å². The minimum absolute atomic E-state index is 0.297. The molecule has 4 heteroatoms. The van der Waals surface area contributed by atoms with Gasteiger partial charge in [0.1, 0.15) is 11.3 Å². The smallest absolute Gasteiger partial charge is 0.344 e. The minimum Gasteiger partial charge on any atom is -0.423 e. The normalized spacial score (nSPS) is 10.6. The molecule has 0 saturated heterocycles. The Morgan fingerprint density at radius 2 is 1.79 bits per heavy atom. The first-order valence-electron chi connectivity index (χ1n) is 7.47. The van der Waals surface area contributed by atoms with Crippen molar-refractivity contribution in [1.29, 1.82) is 0 Å². The molecule has 0 fully saturated rings. The second-order valence-electron chi connectivity index (χ2n) is 5.68. The number of aryl methyl sites for hydroxylation is 1. The van der Waals surface area contributed by atoms with Gasteiger partial charge >= 0.3 is 11.6 Å². The van der Waals surface area contributed by atoms with Crippen LogP contribution in [0.5, 0.6) is 5.75 Å². The number of rotatable bonds is 3. The Bertz CT molecular complexity index is 994. The van der Waals surface area contributed by atoms with E-state index in [1.807, 2.05) is 31.2 Å². The summed E-state index contributed by atoms with van der Waals surface area (Å²) in [6, 6.07) is 14.4. The van der Waals surface area contributed by atoms with Crippen molar-refractivity contribution in [2.75, 3.05) is 0 Å². The summed E-state index contributed by atoms with van der Waals surface area (Å²) in [5.41, 5.74) is 2.64. The third-order valence-corrected chi connectivity index (χ3v) is 3.63. The molecule has 0 unspecified atom stereocenters. The molecule has 1 aromatic heterocycles. The second kappa shape index (κ2) is 6.16. The molecule has 0 amide bonds. The molecule has 2 aromatic carbocycles. The molecule has 24 heavy (non-hydrogen) atoms. The van der Waals surface area contributed by atoms with Gasteiger partial charge in [-0.3, -0.25) is 0 Å². The zero-order chi connectivity index (χ0) is 17.3. The fraction of sp³-hybridized carbons (Fsp3) is 0.100. The van der Waals surface area contributed by atoms with Gasteiger partial charge in [-0.05, 0) is 37.6 Å². The quantitative estimate of drug-likeness (QED) is 0.313. The predicted molar refractivity (Wildman–Crippen MR) is 93.1 cm³/mol. The molecule has 0 aliphatic rings. The van der Waals surface area contributed by atoms with Gasteiger partial charge in [-0.25, -0.2) is 9.59 Å². The number of fused-ring (bicyclic) bond motifs is 1. The predicted octanol–water partition coefficient (Wildman–Crippen LogP) is 4.25. The minimum atomic E-state index is -0.520. The van der Waals surface area contributed by atoms with Crippen LogP contribution in [0.4, 0.5) is 0 Å². The third kappa shape index (κ3) is 3.13. The molecule has 0 aliphatic heterocycles. The molecule has 0 atom stereocenters. The summed E-state index contributed by atoms with van der Waals surface area (Å²) in [6.07, 6.45) is 0. The third-order valence-electron chi connectivity index (χ3n) is 3.63. The molecule has 3 aromatic rings. The Morgan fingerprint density at radius 1 is 1.08 bits per heavy atom. The second-order valence-corrected chi connectivity index (χ2v) is 5.68. The Hall–Kier alpha value is -3.14. The average molecular weight is 320 g/mol. The van der Waals surface area contributed by atoms with Gasteiger partial charge in [-0.1, -0.05) is 36.4 Å². The highest BCUT2D eigenvalue weighted by molar-refractivity contribution is 5.90. The Labute approximate surface area is 139 Å². The van der Waals surface area contributed by atoms with Crippen molar-refractivity contribution in [3.8, 4) is 16.9 Å². The molecule has 0 radical (unpaired) electrons. The zero-order valence-electron chi connectivity index (χ0n) is 13.5. The van der Waals surface area contributed by atoms with Gasteiger partial charge in [0.2, 0.25) is 0 Å². The van der Waals surface area contributed by atoms with E-state index in [0.717, 1.165) is 16.5 Å². The highest BCUT2D eigenvalue weighted by atomic mass is 16.5. The lowest BCUT2D eigenvalue weighted by molar-refractivity contribution is -0.130. The van der Waals surface area contributed by atoms with Crippen molar-refractivity contribution >= 4 is 16.9 Å². The topological polar surface area (TPSA) is 56.5 Å². The van der Waals surface area contributed by atoms with Crippen molar-refractivity contribution in [2.24, 2.45) is 0 Å². The fourth-order valence-corrected chi connectivity index (χ4v) is 2.28. The lowest BCUT2D eigenvalue weighted by Crippen LogP contribution is -2.08. The number of esters is 1. The molecule has 3 rings (SSSR count). The molecule has 0 N–H and O–H groups in total. The van der Waals surface area contributed by atoms with Crippen LogP contribution in [0, 0.1) is 6.92 Å². The standard InChI is InChI=1S/C20H16O4/c1-12(2)19(21)23-16-9-8-15-10-17(20(22)24-18(15)11-16)14-6-4-13(3)5-7-14/h4-11H,1H2,2-3H3. The average Bonchev–Trinajstić information content (AvgIpc) is 2.55. The van der Waals surface area contributed by atoms with Crippen molar-refractivity contribution in [3.05, 3.63) is 76.7 Å². The summed E-state index contributed by atoms with van der Waals surface area (Å²) in [7, 11) is 0. The van der Waals surface area contributed by atoms with E-state index >= 15 is 0 Å². The van der Waals surface area contributed by atoms with Crippen molar-refractivity contribution in [1.82, 2.24) is 0 Å². The summed E-state index contributed by atoms with van der Waals surface area (Å²) in [4.78, 5) is 23.8. The number of hydrogen-bond acceptors (Lipinski definition) is 4. The van der Waals surface area contributed by atoms with Crippen LogP contribution in [0.1, 0.15) is 12.5 Å². The first kappa shape index (κ1) is 15.7. The van der Waals surface area contributed by atoms with E-state index in [0.29, 0.717) is 22.5 Å². The number of hydrogen-bond donors (Lipinski definition) is 0. The largest absolute Gasteiger partial charge is 0.423 e.